The summed E-state index contributed by atoms with van der Waals surface area (Å²) in [6, 6.07) is 16.3. The lowest BCUT2D eigenvalue weighted by Gasteiger charge is -1.98. The third-order valence-corrected chi connectivity index (χ3v) is 2.89. The van der Waals surface area contributed by atoms with Crippen molar-refractivity contribution in [3.63, 3.8) is 0 Å². The maximum atomic E-state index is 6.22. The Hall–Kier alpha value is -1.60. The SMILES string of the molecule is Clc1cccc2ccc3cccc[n+]3c12. The van der Waals surface area contributed by atoms with Gasteiger partial charge in [0.15, 0.2) is 6.20 Å². The predicted octanol–water partition coefficient (Wildman–Crippen LogP) is 3.23. The number of nitrogens with zero attached hydrogens (tertiary/aromatic N) is 1. The summed E-state index contributed by atoms with van der Waals surface area (Å²) in [6.45, 7) is 0. The number of rotatable bonds is 0. The van der Waals surface area contributed by atoms with Gasteiger partial charge in [-0.1, -0.05) is 17.7 Å². The van der Waals surface area contributed by atoms with Gasteiger partial charge < -0.3 is 0 Å². The molecular formula is C13H9ClN+. The third-order valence-electron chi connectivity index (χ3n) is 2.58. The van der Waals surface area contributed by atoms with Crippen LogP contribution in [0.2, 0.25) is 5.02 Å². The summed E-state index contributed by atoms with van der Waals surface area (Å²) in [5.74, 6) is 0. The van der Waals surface area contributed by atoms with E-state index in [-0.39, 0.29) is 0 Å². The summed E-state index contributed by atoms with van der Waals surface area (Å²) >= 11 is 6.22. The lowest BCUT2D eigenvalue weighted by atomic mass is 10.2. The van der Waals surface area contributed by atoms with E-state index in [2.05, 4.69) is 28.7 Å². The molecule has 0 N–H and O–H groups in total. The molecule has 0 fully saturated rings. The molecule has 2 heteroatoms. The van der Waals surface area contributed by atoms with Gasteiger partial charge >= 0.3 is 0 Å². The number of pyridine rings is 2. The summed E-state index contributed by atoms with van der Waals surface area (Å²) in [4.78, 5) is 0. The minimum Gasteiger partial charge on any atom is -0.159 e. The molecule has 0 unspecified atom stereocenters. The molecule has 3 aromatic rings. The van der Waals surface area contributed by atoms with Crippen LogP contribution in [0, 0.1) is 0 Å². The molecule has 1 nitrogen and oxygen atoms in total. The van der Waals surface area contributed by atoms with Crippen molar-refractivity contribution >= 4 is 28.0 Å². The van der Waals surface area contributed by atoms with Gasteiger partial charge in [-0.3, -0.25) is 0 Å². The van der Waals surface area contributed by atoms with E-state index in [9.17, 15) is 0 Å². The van der Waals surface area contributed by atoms with Gasteiger partial charge in [0.05, 0.1) is 0 Å². The van der Waals surface area contributed by atoms with E-state index in [0.29, 0.717) is 0 Å². The number of hydrogen-bond donors (Lipinski definition) is 0. The zero-order chi connectivity index (χ0) is 10.3. The average molecular weight is 215 g/mol. The maximum absolute atomic E-state index is 6.22. The molecule has 72 valence electrons. The lowest BCUT2D eigenvalue weighted by molar-refractivity contribution is -0.481. The summed E-state index contributed by atoms with van der Waals surface area (Å²) in [5, 5.41) is 1.94. The molecule has 0 aliphatic rings. The van der Waals surface area contributed by atoms with Gasteiger partial charge in [0.1, 0.15) is 5.02 Å². The number of fused-ring (bicyclic) bond motifs is 3. The molecule has 2 heterocycles. The van der Waals surface area contributed by atoms with Gasteiger partial charge in [-0.05, 0) is 24.3 Å². The van der Waals surface area contributed by atoms with Crippen LogP contribution in [0.3, 0.4) is 0 Å². The number of halogens is 1. The molecule has 0 spiro atoms. The quantitative estimate of drug-likeness (QED) is 0.400. The van der Waals surface area contributed by atoms with Crippen molar-refractivity contribution in [1.29, 1.82) is 0 Å². The molecule has 0 aliphatic carbocycles. The van der Waals surface area contributed by atoms with Crippen molar-refractivity contribution in [2.45, 2.75) is 0 Å². The predicted molar refractivity (Wildman–Crippen MR) is 62.1 cm³/mol. The Bertz CT molecular complexity index is 646. The highest BCUT2D eigenvalue weighted by atomic mass is 35.5. The fourth-order valence-corrected chi connectivity index (χ4v) is 2.16. The number of hydrogen-bond acceptors (Lipinski definition) is 0. The van der Waals surface area contributed by atoms with E-state index in [4.69, 9.17) is 11.6 Å². The fraction of sp³-hybridized carbons (Fsp3) is 0. The summed E-state index contributed by atoms with van der Waals surface area (Å²) in [5.41, 5.74) is 2.22. The molecule has 3 rings (SSSR count). The van der Waals surface area contributed by atoms with Gasteiger partial charge in [0.25, 0.3) is 0 Å². The molecule has 0 atom stereocenters. The van der Waals surface area contributed by atoms with Crippen molar-refractivity contribution in [2.75, 3.05) is 0 Å². The highest BCUT2D eigenvalue weighted by Crippen LogP contribution is 2.20. The van der Waals surface area contributed by atoms with Gasteiger partial charge in [0, 0.05) is 23.6 Å². The minimum absolute atomic E-state index is 0.786. The van der Waals surface area contributed by atoms with Crippen LogP contribution in [0.4, 0.5) is 0 Å². The minimum atomic E-state index is 0.786. The molecule has 0 amide bonds. The van der Waals surface area contributed by atoms with Gasteiger partial charge in [0.2, 0.25) is 11.0 Å². The second kappa shape index (κ2) is 3.21. The molecule has 2 aromatic heterocycles. The van der Waals surface area contributed by atoms with E-state index in [0.717, 1.165) is 21.4 Å². The Kier molecular flexibility index (Phi) is 1.86. The van der Waals surface area contributed by atoms with E-state index >= 15 is 0 Å². The Morgan fingerprint density at radius 1 is 0.867 bits per heavy atom. The molecule has 0 saturated carbocycles. The second-order valence-corrected chi connectivity index (χ2v) is 3.91. The monoisotopic (exact) mass is 214 g/mol. The molecular weight excluding hydrogens is 206 g/mol. The zero-order valence-electron chi connectivity index (χ0n) is 8.02. The van der Waals surface area contributed by atoms with Crippen molar-refractivity contribution in [1.82, 2.24) is 0 Å². The molecule has 0 bridgehead atoms. The van der Waals surface area contributed by atoms with Crippen molar-refractivity contribution in [2.24, 2.45) is 0 Å². The van der Waals surface area contributed by atoms with Crippen molar-refractivity contribution < 1.29 is 4.40 Å². The first-order valence-electron chi connectivity index (χ1n) is 4.84. The third kappa shape index (κ3) is 1.28. The van der Waals surface area contributed by atoms with E-state index in [1.807, 2.05) is 30.5 Å². The summed E-state index contributed by atoms with van der Waals surface area (Å²) < 4.78 is 2.11. The first-order valence-corrected chi connectivity index (χ1v) is 5.22. The lowest BCUT2D eigenvalue weighted by Crippen LogP contribution is -2.22. The smallest absolute Gasteiger partial charge is 0.159 e. The molecule has 0 saturated heterocycles. The highest BCUT2D eigenvalue weighted by molar-refractivity contribution is 6.34. The molecule has 0 radical (unpaired) electrons. The van der Waals surface area contributed by atoms with Gasteiger partial charge in [-0.25, -0.2) is 0 Å². The second-order valence-electron chi connectivity index (χ2n) is 3.51. The zero-order valence-corrected chi connectivity index (χ0v) is 8.78. The van der Waals surface area contributed by atoms with Crippen LogP contribution >= 0.6 is 11.6 Å². The number of aromatic nitrogens is 1. The Morgan fingerprint density at radius 2 is 1.80 bits per heavy atom. The number of para-hydroxylation sites is 1. The number of benzene rings is 1. The largest absolute Gasteiger partial charge is 0.237 e. The molecule has 1 aromatic carbocycles. The normalized spacial score (nSPS) is 11.0. The average Bonchev–Trinajstić information content (AvgIpc) is 2.29. The standard InChI is InChI=1S/C13H9ClN/c14-12-6-3-4-10-7-8-11-5-1-2-9-15(11)13(10)12/h1-9H/q+1. The van der Waals surface area contributed by atoms with Crippen LogP contribution in [0.15, 0.2) is 54.7 Å². The van der Waals surface area contributed by atoms with Gasteiger partial charge in [-0.2, -0.15) is 4.40 Å². The topological polar surface area (TPSA) is 4.10 Å². The van der Waals surface area contributed by atoms with Crippen LogP contribution in [0.25, 0.3) is 16.4 Å². The first-order chi connectivity index (χ1) is 7.36. The Balaban J connectivity index is 2.64. The van der Waals surface area contributed by atoms with Crippen molar-refractivity contribution in [3.05, 3.63) is 59.8 Å². The van der Waals surface area contributed by atoms with E-state index in [1.165, 1.54) is 0 Å². The Labute approximate surface area is 92.5 Å². The van der Waals surface area contributed by atoms with Crippen LogP contribution < -0.4 is 4.40 Å². The van der Waals surface area contributed by atoms with Crippen LogP contribution in [-0.2, 0) is 0 Å². The van der Waals surface area contributed by atoms with Gasteiger partial charge in [-0.15, -0.1) is 0 Å². The molecule has 15 heavy (non-hydrogen) atoms. The highest BCUT2D eigenvalue weighted by Gasteiger charge is 2.10. The summed E-state index contributed by atoms with van der Waals surface area (Å²) in [7, 11) is 0. The van der Waals surface area contributed by atoms with Crippen LogP contribution in [0.1, 0.15) is 0 Å². The van der Waals surface area contributed by atoms with Crippen LogP contribution in [0.5, 0.6) is 0 Å². The fourth-order valence-electron chi connectivity index (χ4n) is 1.89. The first kappa shape index (κ1) is 8.69. The van der Waals surface area contributed by atoms with Crippen molar-refractivity contribution in [3.8, 4) is 0 Å². The van der Waals surface area contributed by atoms with Crippen LogP contribution in [-0.4, -0.2) is 0 Å². The van der Waals surface area contributed by atoms with E-state index in [1.54, 1.807) is 0 Å². The summed E-state index contributed by atoms with van der Waals surface area (Å²) in [6.07, 6.45) is 2.03. The maximum Gasteiger partial charge on any atom is 0.237 e. The van der Waals surface area contributed by atoms with E-state index < -0.39 is 0 Å². The Morgan fingerprint density at radius 3 is 2.73 bits per heavy atom. The molecule has 0 aliphatic heterocycles.